The van der Waals surface area contributed by atoms with Crippen molar-refractivity contribution in [3.05, 3.63) is 0 Å². The first-order valence-corrected chi connectivity index (χ1v) is 6.67. The number of rotatable bonds is 6. The van der Waals surface area contributed by atoms with Gasteiger partial charge in [0.25, 0.3) is 0 Å². The van der Waals surface area contributed by atoms with E-state index < -0.39 is 0 Å². The highest BCUT2D eigenvalue weighted by Gasteiger charge is 2.21. The van der Waals surface area contributed by atoms with Crippen LogP contribution in [0.2, 0.25) is 0 Å². The highest BCUT2D eigenvalue weighted by Crippen LogP contribution is 2.26. The molecule has 0 heterocycles. The molecule has 90 valence electrons. The maximum absolute atomic E-state index is 8.94. The van der Waals surface area contributed by atoms with Crippen LogP contribution in [0.1, 0.15) is 58.8 Å². The number of nitrogens with one attached hydrogen (secondary N) is 1. The minimum Gasteiger partial charge on any atom is -0.396 e. The van der Waals surface area contributed by atoms with Crippen molar-refractivity contribution in [2.75, 3.05) is 6.61 Å². The van der Waals surface area contributed by atoms with Crippen LogP contribution in [0.25, 0.3) is 0 Å². The number of aliphatic hydroxyl groups excluding tert-OH is 1. The van der Waals surface area contributed by atoms with E-state index in [4.69, 9.17) is 5.11 Å². The van der Waals surface area contributed by atoms with E-state index in [-0.39, 0.29) is 0 Å². The van der Waals surface area contributed by atoms with Crippen molar-refractivity contribution in [2.24, 2.45) is 5.92 Å². The fraction of sp³-hybridized carbons (Fsp3) is 1.00. The van der Waals surface area contributed by atoms with Gasteiger partial charge in [-0.25, -0.2) is 0 Å². The van der Waals surface area contributed by atoms with Crippen molar-refractivity contribution in [1.82, 2.24) is 5.32 Å². The molecule has 0 aromatic carbocycles. The molecule has 0 aromatic rings. The molecular formula is C13H27NO. The predicted molar refractivity (Wildman–Crippen MR) is 65.0 cm³/mol. The average Bonchev–Trinajstić information content (AvgIpc) is 2.29. The second kappa shape index (κ2) is 7.24. The molecular weight excluding hydrogens is 186 g/mol. The lowest BCUT2D eigenvalue weighted by molar-refractivity contribution is 0.229. The van der Waals surface area contributed by atoms with Crippen LogP contribution < -0.4 is 5.32 Å². The zero-order chi connectivity index (χ0) is 11.1. The molecule has 1 aliphatic rings. The first-order valence-electron chi connectivity index (χ1n) is 6.67. The molecule has 0 aliphatic heterocycles. The third-order valence-electron chi connectivity index (χ3n) is 3.87. The van der Waals surface area contributed by atoms with Crippen molar-refractivity contribution in [2.45, 2.75) is 70.9 Å². The summed E-state index contributed by atoms with van der Waals surface area (Å²) in [6, 6.07) is 1.24. The van der Waals surface area contributed by atoms with Crippen molar-refractivity contribution in [3.8, 4) is 0 Å². The largest absolute Gasteiger partial charge is 0.396 e. The van der Waals surface area contributed by atoms with Crippen molar-refractivity contribution >= 4 is 0 Å². The van der Waals surface area contributed by atoms with Gasteiger partial charge in [-0.2, -0.15) is 0 Å². The zero-order valence-corrected chi connectivity index (χ0v) is 10.3. The molecule has 1 unspecified atom stereocenters. The Balaban J connectivity index is 2.21. The molecule has 2 nitrogen and oxygen atoms in total. The molecule has 1 aliphatic carbocycles. The SMILES string of the molecule is CCC1CCC(NC(CC)CCO)CC1. The number of hydrogen-bond donors (Lipinski definition) is 2. The number of hydrogen-bond acceptors (Lipinski definition) is 2. The van der Waals surface area contributed by atoms with E-state index in [1.807, 2.05) is 0 Å². The number of aliphatic hydroxyl groups is 1. The molecule has 0 bridgehead atoms. The van der Waals surface area contributed by atoms with Crippen molar-refractivity contribution in [3.63, 3.8) is 0 Å². The van der Waals surface area contributed by atoms with Crippen LogP contribution >= 0.6 is 0 Å². The van der Waals surface area contributed by atoms with E-state index >= 15 is 0 Å². The first kappa shape index (κ1) is 13.0. The van der Waals surface area contributed by atoms with Gasteiger partial charge in [0, 0.05) is 18.7 Å². The van der Waals surface area contributed by atoms with Gasteiger partial charge in [-0.05, 0) is 44.4 Å². The molecule has 1 fully saturated rings. The highest BCUT2D eigenvalue weighted by molar-refractivity contribution is 4.79. The van der Waals surface area contributed by atoms with Crippen LogP contribution in [0.4, 0.5) is 0 Å². The Bertz CT molecular complexity index is 153. The Morgan fingerprint density at radius 3 is 2.33 bits per heavy atom. The maximum atomic E-state index is 8.94. The third kappa shape index (κ3) is 4.52. The summed E-state index contributed by atoms with van der Waals surface area (Å²) in [5.74, 6) is 0.973. The van der Waals surface area contributed by atoms with E-state index in [1.54, 1.807) is 0 Å². The summed E-state index contributed by atoms with van der Waals surface area (Å²) in [5.41, 5.74) is 0. The second-order valence-electron chi connectivity index (χ2n) is 4.91. The van der Waals surface area contributed by atoms with Gasteiger partial charge in [-0.15, -0.1) is 0 Å². The molecule has 1 rings (SSSR count). The Morgan fingerprint density at radius 2 is 1.87 bits per heavy atom. The monoisotopic (exact) mass is 213 g/mol. The van der Waals surface area contributed by atoms with Gasteiger partial charge in [0.15, 0.2) is 0 Å². The van der Waals surface area contributed by atoms with E-state index in [9.17, 15) is 0 Å². The summed E-state index contributed by atoms with van der Waals surface area (Å²) in [6.07, 6.45) is 8.84. The molecule has 2 N–H and O–H groups in total. The van der Waals surface area contributed by atoms with Gasteiger partial charge in [-0.3, -0.25) is 0 Å². The average molecular weight is 213 g/mol. The second-order valence-corrected chi connectivity index (χ2v) is 4.91. The first-order chi connectivity index (χ1) is 7.30. The predicted octanol–water partition coefficient (Wildman–Crippen LogP) is 2.71. The molecule has 0 aromatic heterocycles. The minimum atomic E-state index is 0.315. The smallest absolute Gasteiger partial charge is 0.0445 e. The van der Waals surface area contributed by atoms with Gasteiger partial charge >= 0.3 is 0 Å². The van der Waals surface area contributed by atoms with Crippen molar-refractivity contribution in [1.29, 1.82) is 0 Å². The Hall–Kier alpha value is -0.0800. The van der Waals surface area contributed by atoms with Crippen molar-refractivity contribution < 1.29 is 5.11 Å². The fourth-order valence-corrected chi connectivity index (χ4v) is 2.63. The van der Waals surface area contributed by atoms with Gasteiger partial charge < -0.3 is 10.4 Å². The summed E-state index contributed by atoms with van der Waals surface area (Å²) in [4.78, 5) is 0. The Kier molecular flexibility index (Phi) is 6.26. The fourth-order valence-electron chi connectivity index (χ4n) is 2.63. The quantitative estimate of drug-likeness (QED) is 0.711. The van der Waals surface area contributed by atoms with Gasteiger partial charge in [0.2, 0.25) is 0 Å². The summed E-state index contributed by atoms with van der Waals surface area (Å²) in [5, 5.41) is 12.6. The Labute approximate surface area is 94.5 Å². The van der Waals surface area contributed by atoms with E-state index in [0.29, 0.717) is 18.7 Å². The van der Waals surface area contributed by atoms with Crippen LogP contribution in [-0.2, 0) is 0 Å². The summed E-state index contributed by atoms with van der Waals surface area (Å²) in [6.45, 7) is 4.82. The maximum Gasteiger partial charge on any atom is 0.0445 e. The van der Waals surface area contributed by atoms with Gasteiger partial charge in [0.1, 0.15) is 0 Å². The zero-order valence-electron chi connectivity index (χ0n) is 10.3. The van der Waals surface area contributed by atoms with Crippen LogP contribution in [0, 0.1) is 5.92 Å². The van der Waals surface area contributed by atoms with Crippen LogP contribution in [0.5, 0.6) is 0 Å². The molecule has 15 heavy (non-hydrogen) atoms. The lowest BCUT2D eigenvalue weighted by atomic mass is 9.84. The molecule has 0 radical (unpaired) electrons. The molecule has 0 spiro atoms. The summed E-state index contributed by atoms with van der Waals surface area (Å²) < 4.78 is 0. The molecule has 0 saturated heterocycles. The Morgan fingerprint density at radius 1 is 1.20 bits per heavy atom. The molecule has 1 atom stereocenters. The lowest BCUT2D eigenvalue weighted by Crippen LogP contribution is -2.40. The topological polar surface area (TPSA) is 32.3 Å². The van der Waals surface area contributed by atoms with Crippen LogP contribution in [-0.4, -0.2) is 23.8 Å². The molecule has 1 saturated carbocycles. The van der Waals surface area contributed by atoms with Gasteiger partial charge in [0.05, 0.1) is 0 Å². The summed E-state index contributed by atoms with van der Waals surface area (Å²) >= 11 is 0. The standard InChI is InChI=1S/C13H27NO/c1-3-11-5-7-13(8-6-11)14-12(4-2)9-10-15/h11-15H,3-10H2,1-2H3. The highest BCUT2D eigenvalue weighted by atomic mass is 16.3. The van der Waals surface area contributed by atoms with Crippen LogP contribution in [0.15, 0.2) is 0 Å². The third-order valence-corrected chi connectivity index (χ3v) is 3.87. The molecule has 2 heteroatoms. The lowest BCUT2D eigenvalue weighted by Gasteiger charge is -2.31. The minimum absolute atomic E-state index is 0.315. The summed E-state index contributed by atoms with van der Waals surface area (Å²) in [7, 11) is 0. The van der Waals surface area contributed by atoms with Crippen LogP contribution in [0.3, 0.4) is 0 Å². The van der Waals surface area contributed by atoms with E-state index in [0.717, 1.165) is 18.8 Å². The molecule has 0 amide bonds. The van der Waals surface area contributed by atoms with E-state index in [1.165, 1.54) is 32.1 Å². The van der Waals surface area contributed by atoms with Gasteiger partial charge in [-0.1, -0.05) is 20.3 Å². The normalized spacial score (nSPS) is 29.0. The van der Waals surface area contributed by atoms with E-state index in [2.05, 4.69) is 19.2 Å².